The number of fused-ring (bicyclic) bond motifs is 1. The zero-order valence-electron chi connectivity index (χ0n) is 16.3. The van der Waals surface area contributed by atoms with E-state index in [0.29, 0.717) is 17.8 Å². The third kappa shape index (κ3) is 3.36. The average Bonchev–Trinajstić information content (AvgIpc) is 2.94. The lowest BCUT2D eigenvalue weighted by molar-refractivity contribution is 0.350. The third-order valence-electron chi connectivity index (χ3n) is 5.98. The van der Waals surface area contributed by atoms with Crippen molar-refractivity contribution < 1.29 is 4.74 Å². The summed E-state index contributed by atoms with van der Waals surface area (Å²) in [5, 5.41) is 1.41. The molecule has 0 spiro atoms. The largest absolute Gasteiger partial charge is 0.496 e. The Labute approximate surface area is 174 Å². The normalized spacial score (nSPS) is 28.0. The summed E-state index contributed by atoms with van der Waals surface area (Å²) >= 11 is 1.91. The number of hydrogen-bond acceptors (Lipinski definition) is 3. The van der Waals surface area contributed by atoms with E-state index in [4.69, 9.17) is 4.74 Å². The monoisotopic (exact) mass is 471 g/mol. The molecule has 25 heavy (non-hydrogen) atoms. The first kappa shape index (κ1) is 20.7. The highest BCUT2D eigenvalue weighted by molar-refractivity contribution is 14.0. The van der Waals surface area contributed by atoms with Gasteiger partial charge in [0.25, 0.3) is 0 Å². The van der Waals surface area contributed by atoms with Gasteiger partial charge in [-0.15, -0.1) is 24.0 Å². The van der Waals surface area contributed by atoms with Crippen molar-refractivity contribution in [3.8, 4) is 5.75 Å². The minimum Gasteiger partial charge on any atom is -0.496 e. The third-order valence-corrected chi connectivity index (χ3v) is 7.16. The SMILES string of the molecule is CCN1C(=C2C=CC(C)C(C)C2C)Sc2cc(OC)c(C)c(C)c21.I. The van der Waals surface area contributed by atoms with Gasteiger partial charge in [0.1, 0.15) is 5.75 Å². The van der Waals surface area contributed by atoms with Crippen LogP contribution in [0.5, 0.6) is 5.75 Å². The maximum Gasteiger partial charge on any atom is 0.123 e. The van der Waals surface area contributed by atoms with Gasteiger partial charge in [0.05, 0.1) is 17.8 Å². The van der Waals surface area contributed by atoms with Crippen molar-refractivity contribution in [1.29, 1.82) is 0 Å². The van der Waals surface area contributed by atoms with Crippen LogP contribution in [0, 0.1) is 31.6 Å². The first-order valence-electron chi connectivity index (χ1n) is 8.96. The molecule has 1 aromatic carbocycles. The predicted octanol–water partition coefficient (Wildman–Crippen LogP) is 6.55. The fourth-order valence-corrected chi connectivity index (χ4v) is 5.27. The Morgan fingerprint density at radius 3 is 2.44 bits per heavy atom. The lowest BCUT2D eigenvalue weighted by Crippen LogP contribution is -2.25. The van der Waals surface area contributed by atoms with Crippen molar-refractivity contribution >= 4 is 41.4 Å². The highest BCUT2D eigenvalue weighted by Crippen LogP contribution is 2.53. The van der Waals surface area contributed by atoms with Crippen LogP contribution in [0.15, 0.2) is 33.7 Å². The maximum atomic E-state index is 5.59. The van der Waals surface area contributed by atoms with E-state index in [9.17, 15) is 0 Å². The molecular formula is C21H30INOS. The standard InChI is InChI=1S/C21H29NOS.HI/c1-8-22-20-16(6)15(5)18(23-7)11-19(20)24-21(22)17-10-9-12(2)13(3)14(17)4;/h9-14H,8H2,1-7H3;1H. The van der Waals surface area contributed by atoms with Crippen molar-refractivity contribution in [3.63, 3.8) is 0 Å². The number of nitrogens with zero attached hydrogens (tertiary/aromatic N) is 1. The second-order valence-electron chi connectivity index (χ2n) is 7.15. The summed E-state index contributed by atoms with van der Waals surface area (Å²) in [6.07, 6.45) is 4.74. The number of ether oxygens (including phenoxy) is 1. The number of thioether (sulfide) groups is 1. The number of allylic oxidation sites excluding steroid dienone is 3. The highest BCUT2D eigenvalue weighted by Gasteiger charge is 2.33. The van der Waals surface area contributed by atoms with Crippen LogP contribution < -0.4 is 9.64 Å². The van der Waals surface area contributed by atoms with Crippen molar-refractivity contribution in [2.75, 3.05) is 18.6 Å². The Hall–Kier alpha value is -0.620. The molecule has 1 aromatic rings. The maximum absolute atomic E-state index is 5.59. The lowest BCUT2D eigenvalue weighted by Gasteiger charge is -2.32. The smallest absolute Gasteiger partial charge is 0.123 e. The van der Waals surface area contributed by atoms with Gasteiger partial charge in [0.2, 0.25) is 0 Å². The van der Waals surface area contributed by atoms with Gasteiger partial charge >= 0.3 is 0 Å². The van der Waals surface area contributed by atoms with Crippen LogP contribution in [0.4, 0.5) is 5.69 Å². The van der Waals surface area contributed by atoms with Gasteiger partial charge in [-0.25, -0.2) is 0 Å². The molecule has 0 bridgehead atoms. The Bertz CT molecular complexity index is 725. The molecule has 3 atom stereocenters. The molecule has 1 heterocycles. The van der Waals surface area contributed by atoms with Crippen molar-refractivity contribution in [3.05, 3.63) is 39.9 Å². The Kier molecular flexibility index (Phi) is 6.58. The number of benzene rings is 1. The molecule has 0 radical (unpaired) electrons. The van der Waals surface area contributed by atoms with Gasteiger partial charge < -0.3 is 9.64 Å². The highest BCUT2D eigenvalue weighted by atomic mass is 127. The zero-order chi connectivity index (χ0) is 17.6. The summed E-state index contributed by atoms with van der Waals surface area (Å²) in [5.41, 5.74) is 5.44. The molecule has 0 N–H and O–H groups in total. The first-order chi connectivity index (χ1) is 11.4. The summed E-state index contributed by atoms with van der Waals surface area (Å²) in [5.74, 6) is 2.91. The number of hydrogen-bond donors (Lipinski definition) is 0. The molecule has 0 saturated carbocycles. The molecule has 2 aliphatic rings. The average molecular weight is 471 g/mol. The molecule has 4 heteroatoms. The fraction of sp³-hybridized carbons (Fsp3) is 0.524. The van der Waals surface area contributed by atoms with Crippen LogP contribution in [-0.2, 0) is 0 Å². The molecule has 0 aromatic heterocycles. The summed E-state index contributed by atoms with van der Waals surface area (Å²) in [4.78, 5) is 3.83. The van der Waals surface area contributed by atoms with Gasteiger partial charge in [-0.2, -0.15) is 0 Å². The molecule has 138 valence electrons. The van der Waals surface area contributed by atoms with E-state index in [1.807, 2.05) is 11.8 Å². The van der Waals surface area contributed by atoms with Crippen LogP contribution in [0.25, 0.3) is 0 Å². The molecule has 1 aliphatic carbocycles. The molecule has 3 rings (SSSR count). The van der Waals surface area contributed by atoms with Gasteiger partial charge in [-0.3, -0.25) is 0 Å². The first-order valence-corrected chi connectivity index (χ1v) is 9.78. The fourth-order valence-electron chi connectivity index (χ4n) is 3.83. The van der Waals surface area contributed by atoms with Crippen LogP contribution in [0.1, 0.15) is 38.8 Å². The number of methoxy groups -OCH3 is 1. The van der Waals surface area contributed by atoms with Crippen LogP contribution in [0.2, 0.25) is 0 Å². The van der Waals surface area contributed by atoms with Crippen LogP contribution in [-0.4, -0.2) is 13.7 Å². The van der Waals surface area contributed by atoms with E-state index in [0.717, 1.165) is 12.3 Å². The molecule has 0 amide bonds. The molecule has 1 aliphatic heterocycles. The molecule has 3 unspecified atom stereocenters. The van der Waals surface area contributed by atoms with Gasteiger partial charge in [-0.05, 0) is 61.3 Å². The van der Waals surface area contributed by atoms with Crippen molar-refractivity contribution in [1.82, 2.24) is 0 Å². The van der Waals surface area contributed by atoms with E-state index in [-0.39, 0.29) is 24.0 Å². The van der Waals surface area contributed by atoms with E-state index < -0.39 is 0 Å². The Morgan fingerprint density at radius 2 is 1.84 bits per heavy atom. The zero-order valence-corrected chi connectivity index (χ0v) is 19.5. The quantitative estimate of drug-likeness (QED) is 0.454. The van der Waals surface area contributed by atoms with E-state index in [1.54, 1.807) is 7.11 Å². The Morgan fingerprint density at radius 1 is 1.16 bits per heavy atom. The van der Waals surface area contributed by atoms with Crippen molar-refractivity contribution in [2.24, 2.45) is 17.8 Å². The number of halogens is 1. The second-order valence-corrected chi connectivity index (χ2v) is 8.18. The summed E-state index contributed by atoms with van der Waals surface area (Å²) < 4.78 is 5.59. The van der Waals surface area contributed by atoms with E-state index in [1.165, 1.54) is 32.3 Å². The summed E-state index contributed by atoms with van der Waals surface area (Å²) in [6, 6.07) is 2.21. The minimum absolute atomic E-state index is 0. The van der Waals surface area contributed by atoms with Gasteiger partial charge in [-0.1, -0.05) is 44.7 Å². The van der Waals surface area contributed by atoms with Crippen LogP contribution in [0.3, 0.4) is 0 Å². The van der Waals surface area contributed by atoms with Crippen LogP contribution >= 0.6 is 35.7 Å². The molecular weight excluding hydrogens is 441 g/mol. The van der Waals surface area contributed by atoms with Gasteiger partial charge in [0.15, 0.2) is 0 Å². The molecule has 0 saturated heterocycles. The summed E-state index contributed by atoms with van der Waals surface area (Å²) in [6.45, 7) is 14.7. The topological polar surface area (TPSA) is 12.5 Å². The second kappa shape index (κ2) is 7.95. The number of anilines is 1. The number of rotatable bonds is 2. The van der Waals surface area contributed by atoms with E-state index in [2.05, 4.69) is 64.7 Å². The Balaban J connectivity index is 0.00000225. The molecule has 2 nitrogen and oxygen atoms in total. The molecule has 0 fully saturated rings. The minimum atomic E-state index is 0. The van der Waals surface area contributed by atoms with E-state index >= 15 is 0 Å². The van der Waals surface area contributed by atoms with Crippen molar-refractivity contribution in [2.45, 2.75) is 46.4 Å². The van der Waals surface area contributed by atoms with Gasteiger partial charge in [0, 0.05) is 11.4 Å². The lowest BCUT2D eigenvalue weighted by atomic mass is 9.76. The summed E-state index contributed by atoms with van der Waals surface area (Å²) in [7, 11) is 1.76. The predicted molar refractivity (Wildman–Crippen MR) is 120 cm³/mol.